The molecule has 0 heterocycles. The van der Waals surface area contributed by atoms with E-state index in [0.717, 1.165) is 38.6 Å². The van der Waals surface area contributed by atoms with E-state index in [9.17, 15) is 9.59 Å². The molecule has 0 radical (unpaired) electrons. The van der Waals surface area contributed by atoms with Crippen LogP contribution in [0.5, 0.6) is 0 Å². The lowest BCUT2D eigenvalue weighted by Gasteiger charge is -2.43. The second-order valence-electron chi connectivity index (χ2n) is 8.50. The maximum atomic E-state index is 12.8. The molecule has 0 aliphatic heterocycles. The van der Waals surface area contributed by atoms with E-state index in [0.29, 0.717) is 12.0 Å². The van der Waals surface area contributed by atoms with Gasteiger partial charge in [-0.3, -0.25) is 14.5 Å². The fraction of sp³-hybridized carbons (Fsp3) is 0.619. The Balaban J connectivity index is 1.26. The van der Waals surface area contributed by atoms with Crippen molar-refractivity contribution in [2.75, 3.05) is 13.1 Å². The number of carboxylic acids is 1. The summed E-state index contributed by atoms with van der Waals surface area (Å²) in [5.41, 5.74) is 1.02. The Labute approximate surface area is 154 Å². The summed E-state index contributed by atoms with van der Waals surface area (Å²) in [6, 6.07) is 10.7. The van der Waals surface area contributed by atoms with E-state index in [1.807, 2.05) is 18.2 Å². The third-order valence-electron chi connectivity index (χ3n) is 6.21. The van der Waals surface area contributed by atoms with Gasteiger partial charge in [-0.1, -0.05) is 30.3 Å². The Kier molecular flexibility index (Phi) is 4.74. The van der Waals surface area contributed by atoms with Gasteiger partial charge < -0.3 is 10.4 Å². The summed E-state index contributed by atoms with van der Waals surface area (Å²) in [5, 5.41) is 12.4. The molecule has 0 atom stereocenters. The monoisotopic (exact) mass is 356 g/mol. The maximum absolute atomic E-state index is 12.8. The molecular formula is C21H28N2O3. The van der Waals surface area contributed by atoms with Gasteiger partial charge in [-0.2, -0.15) is 0 Å². The van der Waals surface area contributed by atoms with Gasteiger partial charge in [-0.15, -0.1) is 0 Å². The van der Waals surface area contributed by atoms with Crippen LogP contribution in [0.25, 0.3) is 0 Å². The van der Waals surface area contributed by atoms with Crippen molar-refractivity contribution in [3.8, 4) is 0 Å². The Hall–Kier alpha value is -1.88. The van der Waals surface area contributed by atoms with Crippen molar-refractivity contribution in [3.05, 3.63) is 35.9 Å². The zero-order valence-electron chi connectivity index (χ0n) is 15.2. The van der Waals surface area contributed by atoms with E-state index in [2.05, 4.69) is 22.3 Å². The molecular weight excluding hydrogens is 328 g/mol. The first-order valence-corrected chi connectivity index (χ1v) is 9.85. The van der Waals surface area contributed by atoms with Crippen molar-refractivity contribution in [1.29, 1.82) is 0 Å². The quantitative estimate of drug-likeness (QED) is 0.713. The van der Waals surface area contributed by atoms with Gasteiger partial charge in [0.05, 0.1) is 12.0 Å². The molecule has 3 saturated carbocycles. The zero-order valence-corrected chi connectivity index (χ0v) is 15.2. The molecule has 0 unspecified atom stereocenters. The Bertz CT molecular complexity index is 661. The highest BCUT2D eigenvalue weighted by molar-refractivity contribution is 5.86. The topological polar surface area (TPSA) is 69.6 Å². The third-order valence-corrected chi connectivity index (χ3v) is 6.21. The summed E-state index contributed by atoms with van der Waals surface area (Å²) in [6.07, 6.45) is 6.98. The average Bonchev–Trinajstić information content (AvgIpc) is 3.47. The van der Waals surface area contributed by atoms with Gasteiger partial charge >= 0.3 is 5.97 Å². The van der Waals surface area contributed by atoms with Gasteiger partial charge in [-0.25, -0.2) is 0 Å². The van der Waals surface area contributed by atoms with Crippen molar-refractivity contribution >= 4 is 11.9 Å². The zero-order chi connectivity index (χ0) is 18.1. The maximum Gasteiger partial charge on any atom is 0.317 e. The van der Waals surface area contributed by atoms with Crippen LogP contribution in [-0.2, 0) is 16.0 Å². The first-order valence-electron chi connectivity index (χ1n) is 9.85. The van der Waals surface area contributed by atoms with Crippen molar-refractivity contribution in [1.82, 2.24) is 10.2 Å². The molecule has 5 heteroatoms. The number of carboxylic acid groups (broad SMARTS) is 1. The second kappa shape index (κ2) is 7.03. The number of nitrogens with one attached hydrogen (secondary N) is 1. The Morgan fingerprint density at radius 2 is 1.85 bits per heavy atom. The minimum Gasteiger partial charge on any atom is -0.480 e. The van der Waals surface area contributed by atoms with Gasteiger partial charge in [0.2, 0.25) is 5.91 Å². The molecule has 26 heavy (non-hydrogen) atoms. The van der Waals surface area contributed by atoms with Crippen LogP contribution in [0.1, 0.15) is 44.1 Å². The van der Waals surface area contributed by atoms with Crippen molar-refractivity contribution in [2.24, 2.45) is 11.3 Å². The fourth-order valence-corrected chi connectivity index (χ4v) is 4.11. The Morgan fingerprint density at radius 1 is 1.15 bits per heavy atom. The first kappa shape index (κ1) is 17.5. The van der Waals surface area contributed by atoms with Crippen molar-refractivity contribution < 1.29 is 14.7 Å². The van der Waals surface area contributed by atoms with Crippen molar-refractivity contribution in [3.63, 3.8) is 0 Å². The number of aliphatic carboxylic acids is 1. The molecule has 4 rings (SSSR count). The van der Waals surface area contributed by atoms with Crippen LogP contribution < -0.4 is 5.32 Å². The highest BCUT2D eigenvalue weighted by atomic mass is 16.4. The Morgan fingerprint density at radius 3 is 2.42 bits per heavy atom. The molecule has 0 bridgehead atoms. The summed E-state index contributed by atoms with van der Waals surface area (Å²) in [4.78, 5) is 26.0. The number of rotatable bonds is 9. The summed E-state index contributed by atoms with van der Waals surface area (Å²) < 4.78 is 0. The number of amides is 1. The molecule has 2 N–H and O–H groups in total. The SMILES string of the molecule is O=C(O)CN(CC1CC1)C1CC(NC(=O)C2(Cc3ccccc3)CC2)C1. The summed E-state index contributed by atoms with van der Waals surface area (Å²) in [6.45, 7) is 1.02. The molecule has 1 aromatic rings. The van der Waals surface area contributed by atoms with Crippen LogP contribution in [0.4, 0.5) is 0 Å². The van der Waals surface area contributed by atoms with Crippen LogP contribution in [0.3, 0.4) is 0 Å². The van der Waals surface area contributed by atoms with E-state index in [-0.39, 0.29) is 23.9 Å². The molecule has 0 saturated heterocycles. The highest BCUT2D eigenvalue weighted by Crippen LogP contribution is 2.49. The summed E-state index contributed by atoms with van der Waals surface area (Å²) in [7, 11) is 0. The average molecular weight is 356 g/mol. The summed E-state index contributed by atoms with van der Waals surface area (Å²) in [5.74, 6) is 0.123. The van der Waals surface area contributed by atoms with Crippen LogP contribution >= 0.6 is 0 Å². The van der Waals surface area contributed by atoms with Gasteiger partial charge in [0.15, 0.2) is 0 Å². The number of hydrogen-bond acceptors (Lipinski definition) is 3. The second-order valence-corrected chi connectivity index (χ2v) is 8.50. The molecule has 3 fully saturated rings. The van der Waals surface area contributed by atoms with E-state index in [1.165, 1.54) is 18.4 Å². The van der Waals surface area contributed by atoms with E-state index >= 15 is 0 Å². The molecule has 0 aromatic heterocycles. The molecule has 3 aliphatic rings. The van der Waals surface area contributed by atoms with E-state index in [4.69, 9.17) is 5.11 Å². The number of benzene rings is 1. The molecule has 1 amide bonds. The highest BCUT2D eigenvalue weighted by Gasteiger charge is 2.50. The van der Waals surface area contributed by atoms with Gasteiger partial charge in [0.1, 0.15) is 0 Å². The summed E-state index contributed by atoms with van der Waals surface area (Å²) >= 11 is 0. The van der Waals surface area contributed by atoms with Crippen LogP contribution in [0, 0.1) is 11.3 Å². The molecule has 1 aromatic carbocycles. The molecule has 5 nitrogen and oxygen atoms in total. The normalized spacial score (nSPS) is 26.2. The van der Waals surface area contributed by atoms with Gasteiger partial charge in [-0.05, 0) is 56.4 Å². The number of hydrogen-bond donors (Lipinski definition) is 2. The standard InChI is InChI=1S/C21H28N2O3/c24-19(25)14-23(13-16-6-7-16)18-10-17(11-18)22-20(26)21(8-9-21)12-15-4-2-1-3-5-15/h1-5,16-18H,6-14H2,(H,22,26)(H,24,25). The lowest BCUT2D eigenvalue weighted by molar-refractivity contribution is -0.140. The minimum atomic E-state index is -0.752. The lowest BCUT2D eigenvalue weighted by atomic mass is 9.84. The molecule has 3 aliphatic carbocycles. The number of carbonyl (C=O) groups is 2. The van der Waals surface area contributed by atoms with Crippen molar-refractivity contribution in [2.45, 2.75) is 57.0 Å². The molecule has 140 valence electrons. The smallest absolute Gasteiger partial charge is 0.317 e. The fourth-order valence-electron chi connectivity index (χ4n) is 4.11. The van der Waals surface area contributed by atoms with Crippen LogP contribution in [0.2, 0.25) is 0 Å². The van der Waals surface area contributed by atoms with Crippen LogP contribution in [-0.4, -0.2) is 47.1 Å². The molecule has 0 spiro atoms. The largest absolute Gasteiger partial charge is 0.480 e. The first-order chi connectivity index (χ1) is 12.5. The van der Waals surface area contributed by atoms with E-state index < -0.39 is 5.97 Å². The lowest BCUT2D eigenvalue weighted by Crippen LogP contribution is -2.56. The van der Waals surface area contributed by atoms with Gasteiger partial charge in [0.25, 0.3) is 0 Å². The number of carbonyl (C=O) groups excluding carboxylic acids is 1. The minimum absolute atomic E-state index is 0.125. The van der Waals surface area contributed by atoms with Gasteiger partial charge in [0, 0.05) is 18.6 Å². The predicted molar refractivity (Wildman–Crippen MR) is 98.7 cm³/mol. The van der Waals surface area contributed by atoms with Crippen LogP contribution in [0.15, 0.2) is 30.3 Å². The predicted octanol–water partition coefficient (Wildman–Crippen LogP) is 2.45. The number of nitrogens with zero attached hydrogens (tertiary/aromatic N) is 1. The third kappa shape index (κ3) is 4.09. The van der Waals surface area contributed by atoms with E-state index in [1.54, 1.807) is 0 Å².